The predicted octanol–water partition coefficient (Wildman–Crippen LogP) is 1.83. The quantitative estimate of drug-likeness (QED) is 0.775. The summed E-state index contributed by atoms with van der Waals surface area (Å²) in [4.78, 5) is 21.9. The van der Waals surface area contributed by atoms with Crippen molar-refractivity contribution in [1.29, 1.82) is 0 Å². The van der Waals surface area contributed by atoms with Crippen molar-refractivity contribution in [3.63, 3.8) is 0 Å². The maximum Gasteiger partial charge on any atom is 0.254 e. The summed E-state index contributed by atoms with van der Waals surface area (Å²) in [5, 5.41) is 3.40. The highest BCUT2D eigenvalue weighted by molar-refractivity contribution is 7.15. The molecule has 0 aliphatic carbocycles. The van der Waals surface area contributed by atoms with E-state index in [2.05, 4.69) is 20.1 Å². The summed E-state index contributed by atoms with van der Waals surface area (Å²) in [5.41, 5.74) is 5.75. The number of carbonyl (C=O) groups excluding carboxylic acids is 1. The Bertz CT molecular complexity index is 721. The minimum absolute atomic E-state index is 0. The van der Waals surface area contributed by atoms with Crippen molar-refractivity contribution in [2.75, 3.05) is 45.0 Å². The van der Waals surface area contributed by atoms with Gasteiger partial charge in [0.15, 0.2) is 5.13 Å². The van der Waals surface area contributed by atoms with Crippen LogP contribution >= 0.6 is 23.7 Å². The first kappa shape index (κ1) is 20.6. The van der Waals surface area contributed by atoms with E-state index in [1.807, 2.05) is 6.20 Å². The molecule has 1 aromatic carbocycles. The second-order valence-corrected chi connectivity index (χ2v) is 7.17. The molecule has 3 rings (SSSR count). The summed E-state index contributed by atoms with van der Waals surface area (Å²) in [6.07, 6.45) is 1.84. The zero-order valence-corrected chi connectivity index (χ0v) is 16.0. The van der Waals surface area contributed by atoms with Crippen molar-refractivity contribution in [2.24, 2.45) is 0 Å². The highest BCUT2D eigenvalue weighted by Gasteiger charge is 2.18. The molecule has 1 aliphatic heterocycles. The van der Waals surface area contributed by atoms with Crippen molar-refractivity contribution in [3.8, 4) is 0 Å². The fourth-order valence-corrected chi connectivity index (χ4v) is 3.58. The molecule has 1 aromatic heterocycles. The Hall–Kier alpha value is -1.74. The molecule has 1 amide bonds. The molecule has 2 aromatic rings. The maximum atomic E-state index is 13.6. The van der Waals surface area contributed by atoms with Crippen LogP contribution in [0.2, 0.25) is 0 Å². The molecule has 9 heteroatoms. The standard InChI is InChI=1S/C17H22FN5OS.ClH/c18-15-4-2-1-3-14(15)16(24)20-5-6-22-7-9-23(10-8-22)12-13-11-21-17(19)25-13;/h1-4,11H,5-10,12H2,(H2,19,21)(H,20,24);1H. The van der Waals surface area contributed by atoms with Gasteiger partial charge in [0.1, 0.15) is 5.82 Å². The molecule has 2 heterocycles. The number of aromatic nitrogens is 1. The number of nitrogens with one attached hydrogen (secondary N) is 1. The van der Waals surface area contributed by atoms with Crippen LogP contribution in [0.5, 0.6) is 0 Å². The molecular weight excluding hydrogens is 377 g/mol. The van der Waals surface area contributed by atoms with E-state index >= 15 is 0 Å². The summed E-state index contributed by atoms with van der Waals surface area (Å²) >= 11 is 1.53. The van der Waals surface area contributed by atoms with Crippen LogP contribution in [-0.4, -0.2) is 60.0 Å². The van der Waals surface area contributed by atoms with Crippen molar-refractivity contribution in [3.05, 3.63) is 46.7 Å². The SMILES string of the molecule is Cl.Nc1ncc(CN2CCN(CCNC(=O)c3ccccc3F)CC2)s1. The lowest BCUT2D eigenvalue weighted by atomic mass is 10.2. The zero-order valence-electron chi connectivity index (χ0n) is 14.4. The first-order valence-electron chi connectivity index (χ1n) is 8.29. The molecule has 0 spiro atoms. The van der Waals surface area contributed by atoms with Crippen LogP contribution in [-0.2, 0) is 6.54 Å². The molecule has 1 aliphatic rings. The molecular formula is C17H23ClFN5OS. The van der Waals surface area contributed by atoms with Crippen LogP contribution in [0, 0.1) is 5.82 Å². The third kappa shape index (κ3) is 5.63. The third-order valence-corrected chi connectivity index (χ3v) is 5.06. The monoisotopic (exact) mass is 399 g/mol. The number of nitrogen functional groups attached to an aromatic ring is 1. The van der Waals surface area contributed by atoms with Gasteiger partial charge in [-0.3, -0.25) is 14.6 Å². The van der Waals surface area contributed by atoms with Gasteiger partial charge in [-0.15, -0.1) is 23.7 Å². The predicted molar refractivity (Wildman–Crippen MR) is 104 cm³/mol. The number of rotatable bonds is 6. The molecule has 1 fully saturated rings. The Morgan fingerprint density at radius 1 is 1.23 bits per heavy atom. The van der Waals surface area contributed by atoms with E-state index in [1.54, 1.807) is 12.1 Å². The highest BCUT2D eigenvalue weighted by Crippen LogP contribution is 2.17. The lowest BCUT2D eigenvalue weighted by Crippen LogP contribution is -2.48. The van der Waals surface area contributed by atoms with Gasteiger partial charge in [-0.05, 0) is 12.1 Å². The number of piperazine rings is 1. The average molecular weight is 400 g/mol. The summed E-state index contributed by atoms with van der Waals surface area (Å²) < 4.78 is 13.6. The Labute approximate surface area is 162 Å². The van der Waals surface area contributed by atoms with Gasteiger partial charge in [0.05, 0.1) is 5.56 Å². The van der Waals surface area contributed by atoms with E-state index in [0.29, 0.717) is 11.7 Å². The number of nitrogens with two attached hydrogens (primary N) is 1. The number of thiazole rings is 1. The minimum Gasteiger partial charge on any atom is -0.375 e. The molecule has 1 saturated heterocycles. The molecule has 0 atom stereocenters. The lowest BCUT2D eigenvalue weighted by Gasteiger charge is -2.34. The zero-order chi connectivity index (χ0) is 17.6. The highest BCUT2D eigenvalue weighted by atomic mass is 35.5. The number of anilines is 1. The van der Waals surface area contributed by atoms with Gasteiger partial charge in [0.2, 0.25) is 0 Å². The van der Waals surface area contributed by atoms with Crippen LogP contribution in [0.3, 0.4) is 0 Å². The van der Waals surface area contributed by atoms with Crippen molar-refractivity contribution >= 4 is 34.8 Å². The first-order valence-corrected chi connectivity index (χ1v) is 9.11. The Morgan fingerprint density at radius 3 is 2.58 bits per heavy atom. The molecule has 3 N–H and O–H groups in total. The van der Waals surface area contributed by atoms with Gasteiger partial charge < -0.3 is 11.1 Å². The maximum absolute atomic E-state index is 13.6. The van der Waals surface area contributed by atoms with Crippen molar-refractivity contribution < 1.29 is 9.18 Å². The van der Waals surface area contributed by atoms with Crippen LogP contribution in [0.1, 0.15) is 15.2 Å². The smallest absolute Gasteiger partial charge is 0.254 e. The summed E-state index contributed by atoms with van der Waals surface area (Å²) in [5.74, 6) is -0.850. The van der Waals surface area contributed by atoms with Gasteiger partial charge in [0.25, 0.3) is 5.91 Å². The normalized spacial score (nSPS) is 15.4. The van der Waals surface area contributed by atoms with E-state index in [-0.39, 0.29) is 23.9 Å². The average Bonchev–Trinajstić information content (AvgIpc) is 3.01. The molecule has 26 heavy (non-hydrogen) atoms. The molecule has 0 saturated carbocycles. The van der Waals surface area contributed by atoms with E-state index < -0.39 is 5.82 Å². The van der Waals surface area contributed by atoms with Gasteiger partial charge in [-0.25, -0.2) is 9.37 Å². The number of amides is 1. The van der Waals surface area contributed by atoms with Gasteiger partial charge in [0, 0.05) is 56.9 Å². The largest absolute Gasteiger partial charge is 0.375 e. The molecule has 142 valence electrons. The van der Waals surface area contributed by atoms with Crippen LogP contribution in [0.25, 0.3) is 0 Å². The van der Waals surface area contributed by atoms with E-state index in [1.165, 1.54) is 28.3 Å². The van der Waals surface area contributed by atoms with E-state index in [0.717, 1.165) is 39.3 Å². The molecule has 0 bridgehead atoms. The first-order chi connectivity index (χ1) is 12.1. The van der Waals surface area contributed by atoms with Gasteiger partial charge in [-0.1, -0.05) is 12.1 Å². The minimum atomic E-state index is -0.489. The number of benzene rings is 1. The summed E-state index contributed by atoms with van der Waals surface area (Å²) in [6, 6.07) is 6.03. The number of hydrogen-bond donors (Lipinski definition) is 2. The van der Waals surface area contributed by atoms with Crippen molar-refractivity contribution in [2.45, 2.75) is 6.54 Å². The molecule has 6 nitrogen and oxygen atoms in total. The Kier molecular flexibility index (Phi) is 7.77. The van der Waals surface area contributed by atoms with Crippen LogP contribution < -0.4 is 11.1 Å². The Morgan fingerprint density at radius 2 is 1.92 bits per heavy atom. The fourth-order valence-electron chi connectivity index (χ4n) is 2.86. The fraction of sp³-hybridized carbons (Fsp3) is 0.412. The van der Waals surface area contributed by atoms with E-state index in [9.17, 15) is 9.18 Å². The lowest BCUT2D eigenvalue weighted by molar-refractivity contribution is 0.0930. The second kappa shape index (κ2) is 9.82. The number of nitrogens with zero attached hydrogens (tertiary/aromatic N) is 3. The van der Waals surface area contributed by atoms with E-state index in [4.69, 9.17) is 5.73 Å². The number of carbonyl (C=O) groups is 1. The third-order valence-electron chi connectivity index (χ3n) is 4.25. The topological polar surface area (TPSA) is 74.5 Å². The van der Waals surface area contributed by atoms with Gasteiger partial charge in [-0.2, -0.15) is 0 Å². The molecule has 0 unspecified atom stereocenters. The van der Waals surface area contributed by atoms with Crippen LogP contribution in [0.4, 0.5) is 9.52 Å². The van der Waals surface area contributed by atoms with Crippen LogP contribution in [0.15, 0.2) is 30.5 Å². The van der Waals surface area contributed by atoms with Gasteiger partial charge >= 0.3 is 0 Å². The van der Waals surface area contributed by atoms with Crippen molar-refractivity contribution in [1.82, 2.24) is 20.1 Å². The second-order valence-electron chi connectivity index (χ2n) is 6.02. The number of hydrogen-bond acceptors (Lipinski definition) is 6. The summed E-state index contributed by atoms with van der Waals surface area (Å²) in [7, 11) is 0. The summed E-state index contributed by atoms with van der Waals surface area (Å²) in [6.45, 7) is 6.00. The molecule has 0 radical (unpaired) electrons. The Balaban J connectivity index is 0.00000243. The number of halogens is 2.